The monoisotopic (exact) mass is 1110 g/mol. The molecule has 0 bridgehead atoms. The maximum absolute atomic E-state index is 5.29. The van der Waals surface area contributed by atoms with Gasteiger partial charge >= 0.3 is 0 Å². The summed E-state index contributed by atoms with van der Waals surface area (Å²) in [6, 6.07) is 61.3. The van der Waals surface area contributed by atoms with Crippen molar-refractivity contribution in [3.8, 4) is 36.0 Å². The van der Waals surface area contributed by atoms with Gasteiger partial charge in [0.1, 0.15) is 0 Å². The zero-order chi connectivity index (χ0) is 52.6. The molecule has 0 atom stereocenters. The first-order chi connectivity index (χ1) is 37.3. The van der Waals surface area contributed by atoms with Crippen molar-refractivity contribution in [2.75, 3.05) is 0 Å². The molecule has 0 aliphatic carbocycles. The maximum Gasteiger partial charge on any atom is 0.0261 e. The van der Waals surface area contributed by atoms with E-state index in [0.29, 0.717) is 0 Å². The van der Waals surface area contributed by atoms with Crippen molar-refractivity contribution < 1.29 is 0 Å². The second kappa shape index (κ2) is 26.8. The molecule has 76 heavy (non-hydrogen) atoms. The molecule has 0 saturated heterocycles. The first-order valence-electron chi connectivity index (χ1n) is 27.8. The molecular formula is C74H68Br2. The molecular weight excluding hydrogens is 1050 g/mol. The van der Waals surface area contributed by atoms with Crippen LogP contribution in [0, 0.1) is 36.0 Å². The number of terminal acetylenes is 1. The highest BCUT2D eigenvalue weighted by Gasteiger charge is 2.12. The average Bonchev–Trinajstić information content (AvgIpc) is 3.48. The molecule has 0 spiro atoms. The maximum atomic E-state index is 5.29. The van der Waals surface area contributed by atoms with Crippen LogP contribution in [-0.4, -0.2) is 0 Å². The molecule has 0 nitrogen and oxygen atoms in total. The van der Waals surface area contributed by atoms with Crippen molar-refractivity contribution in [1.29, 1.82) is 0 Å². The first-order valence-corrected chi connectivity index (χ1v) is 29.4. The summed E-state index contributed by atoms with van der Waals surface area (Å²) in [4.78, 5) is 0. The summed E-state index contributed by atoms with van der Waals surface area (Å²) in [5.41, 5.74) is 9.44. The molecule has 0 N–H and O–H groups in total. The van der Waals surface area contributed by atoms with Crippen LogP contribution in [0.3, 0.4) is 0 Å². The van der Waals surface area contributed by atoms with Gasteiger partial charge in [-0.05, 0) is 205 Å². The Morgan fingerprint density at radius 3 is 0.803 bits per heavy atom. The zero-order valence-electron chi connectivity index (χ0n) is 44.6. The highest BCUT2D eigenvalue weighted by atomic mass is 79.9. The van der Waals surface area contributed by atoms with E-state index in [1.165, 1.54) is 165 Å². The van der Waals surface area contributed by atoms with Gasteiger partial charge in [0.2, 0.25) is 0 Å². The number of rotatable bonds is 15. The molecule has 11 aromatic carbocycles. The van der Waals surface area contributed by atoms with Crippen LogP contribution in [0.2, 0.25) is 0 Å². The fourth-order valence-corrected chi connectivity index (χ4v) is 11.6. The van der Waals surface area contributed by atoms with Crippen LogP contribution in [0.4, 0.5) is 0 Å². The summed E-state index contributed by atoms with van der Waals surface area (Å²) in [6.07, 6.45) is 24.5. The number of hydrogen-bond acceptors (Lipinski definition) is 0. The fourth-order valence-electron chi connectivity index (χ4n) is 10.6. The number of halogens is 2. The van der Waals surface area contributed by atoms with Crippen LogP contribution >= 0.6 is 31.9 Å². The van der Waals surface area contributed by atoms with Crippen LogP contribution in [0.1, 0.15) is 142 Å². The highest BCUT2D eigenvalue weighted by Crippen LogP contribution is 2.38. The van der Waals surface area contributed by atoms with Crippen molar-refractivity contribution in [3.63, 3.8) is 0 Å². The van der Waals surface area contributed by atoms with Gasteiger partial charge in [0.15, 0.2) is 0 Å². The molecule has 0 unspecified atom stereocenters. The van der Waals surface area contributed by atoms with E-state index < -0.39 is 0 Å². The molecule has 0 aliphatic heterocycles. The Labute approximate surface area is 469 Å². The lowest BCUT2D eigenvalue weighted by molar-refractivity contribution is 0.667. The standard InChI is InChI=1S/C44H42.C16H8Br2.C14H18/c1-3-5-7-9-11-33-13-17-35(18-14-33)21-23-37-29-39-25-27-41-31-38(32-42-28-26-40(30-37)43(39)44(41)42)24-22-36-19-15-34(16-20-36)12-10-8-6-4-2;17-13-5-9-1-2-10-6-14(18)8-12-4-3-11(7-13)15(9)16(10)12;1-3-5-6-7-8-14-11-9-13(4-2)10-12-14/h13-20,25-32H,3-12H2,1-2H3;1-8H;2,9-12H,3,5-8H2,1H3. The molecule has 11 rings (SSSR count). The van der Waals surface area contributed by atoms with Gasteiger partial charge in [-0.3, -0.25) is 0 Å². The van der Waals surface area contributed by atoms with Crippen LogP contribution in [0.15, 0.2) is 179 Å². The van der Waals surface area contributed by atoms with Crippen molar-refractivity contribution in [1.82, 2.24) is 0 Å². The topological polar surface area (TPSA) is 0 Å². The molecule has 0 fully saturated rings. The van der Waals surface area contributed by atoms with Gasteiger partial charge in [-0.25, -0.2) is 0 Å². The first kappa shape index (κ1) is 53.9. The Hall–Kier alpha value is -6.86. The molecule has 0 saturated carbocycles. The summed E-state index contributed by atoms with van der Waals surface area (Å²) < 4.78 is 2.27. The van der Waals surface area contributed by atoms with Crippen LogP contribution in [-0.2, 0) is 19.3 Å². The lowest BCUT2D eigenvalue weighted by Crippen LogP contribution is -1.88. The van der Waals surface area contributed by atoms with Gasteiger partial charge in [0, 0.05) is 36.8 Å². The third-order valence-corrected chi connectivity index (χ3v) is 15.6. The van der Waals surface area contributed by atoms with E-state index in [9.17, 15) is 0 Å². The molecule has 378 valence electrons. The van der Waals surface area contributed by atoms with Crippen molar-refractivity contribution >= 4 is 96.5 Å². The van der Waals surface area contributed by atoms with Crippen molar-refractivity contribution in [2.45, 2.75) is 117 Å². The Balaban J connectivity index is 0.000000178. The summed E-state index contributed by atoms with van der Waals surface area (Å²) in [6.45, 7) is 6.76. The van der Waals surface area contributed by atoms with Crippen molar-refractivity contribution in [2.24, 2.45) is 0 Å². The summed E-state index contributed by atoms with van der Waals surface area (Å²) in [5.74, 6) is 16.3. The molecule has 0 amide bonds. The molecule has 0 heterocycles. The number of hydrogen-bond donors (Lipinski definition) is 0. The van der Waals surface area contributed by atoms with E-state index in [2.05, 4.69) is 240 Å². The fraction of sp³-hybridized carbons (Fsp3) is 0.243. The van der Waals surface area contributed by atoms with E-state index in [4.69, 9.17) is 6.42 Å². The quantitative estimate of drug-likeness (QED) is 0.0545. The normalized spacial score (nSPS) is 11.0. The number of benzene rings is 11. The van der Waals surface area contributed by atoms with Crippen molar-refractivity contribution in [3.05, 3.63) is 223 Å². The lowest BCUT2D eigenvalue weighted by Gasteiger charge is -2.12. The minimum atomic E-state index is 0.974. The largest absolute Gasteiger partial charge is 0.115 e. The Morgan fingerprint density at radius 2 is 0.539 bits per heavy atom. The third kappa shape index (κ3) is 13.9. The minimum Gasteiger partial charge on any atom is -0.115 e. The Bertz CT molecular complexity index is 3490. The second-order valence-electron chi connectivity index (χ2n) is 20.5. The third-order valence-electron chi connectivity index (χ3n) is 14.7. The van der Waals surface area contributed by atoms with E-state index >= 15 is 0 Å². The van der Waals surface area contributed by atoms with Gasteiger partial charge in [-0.2, -0.15) is 0 Å². The molecule has 0 aromatic heterocycles. The van der Waals surface area contributed by atoms with Gasteiger partial charge < -0.3 is 0 Å². The minimum absolute atomic E-state index is 0.974. The summed E-state index contributed by atoms with van der Waals surface area (Å²) in [7, 11) is 0. The average molecular weight is 1120 g/mol. The predicted molar refractivity (Wildman–Crippen MR) is 338 cm³/mol. The molecule has 0 radical (unpaired) electrons. The molecule has 11 aromatic rings. The van der Waals surface area contributed by atoms with Crippen LogP contribution in [0.5, 0.6) is 0 Å². The van der Waals surface area contributed by atoms with Gasteiger partial charge in [0.25, 0.3) is 0 Å². The summed E-state index contributed by atoms with van der Waals surface area (Å²) >= 11 is 7.16. The van der Waals surface area contributed by atoms with Gasteiger partial charge in [0.05, 0.1) is 0 Å². The lowest BCUT2D eigenvalue weighted by atomic mass is 9.91. The van der Waals surface area contributed by atoms with Crippen LogP contribution in [0.25, 0.3) is 64.6 Å². The molecule has 2 heteroatoms. The number of unbranched alkanes of at least 4 members (excludes halogenated alkanes) is 9. The van der Waals surface area contributed by atoms with E-state index in [1.54, 1.807) is 0 Å². The van der Waals surface area contributed by atoms with Gasteiger partial charge in [-0.15, -0.1) is 6.42 Å². The second-order valence-corrected chi connectivity index (χ2v) is 22.3. The SMILES string of the molecule is Brc1cc2ccc3cc(Br)cc4ccc(c1)c2c34.C#Cc1ccc(CCCCCC)cc1.CCCCCCc1ccc(C#Cc2cc3ccc4cc(C#Cc5ccc(CCCCCC)cc5)cc5ccc(c2)c3c45)cc1. The van der Waals surface area contributed by atoms with Crippen LogP contribution < -0.4 is 0 Å². The van der Waals surface area contributed by atoms with E-state index in [-0.39, 0.29) is 0 Å². The zero-order valence-corrected chi connectivity index (χ0v) is 47.8. The smallest absolute Gasteiger partial charge is 0.0261 e. The highest BCUT2D eigenvalue weighted by molar-refractivity contribution is 9.10. The Kier molecular flexibility index (Phi) is 19.0. The predicted octanol–water partition coefficient (Wildman–Crippen LogP) is 21.5. The Morgan fingerprint density at radius 1 is 0.289 bits per heavy atom. The summed E-state index contributed by atoms with van der Waals surface area (Å²) in [5, 5.41) is 15.5. The van der Waals surface area contributed by atoms with E-state index in [1.807, 2.05) is 12.1 Å². The van der Waals surface area contributed by atoms with Gasteiger partial charge in [-0.1, -0.05) is 225 Å². The van der Waals surface area contributed by atoms with E-state index in [0.717, 1.165) is 49.6 Å². The number of aryl methyl sites for hydroxylation is 3. The molecule has 0 aliphatic rings.